The number of carbonyl (C=O) groups excluding carboxylic acids is 1. The van der Waals surface area contributed by atoms with Crippen LogP contribution in [0.15, 0.2) is 36.4 Å². The van der Waals surface area contributed by atoms with Crippen LogP contribution in [0, 0.1) is 12.3 Å². The van der Waals surface area contributed by atoms with Gasteiger partial charge in [0, 0.05) is 19.2 Å². The monoisotopic (exact) mass is 386 g/mol. The van der Waals surface area contributed by atoms with E-state index in [1.807, 2.05) is 64.1 Å². The molecule has 0 saturated carbocycles. The van der Waals surface area contributed by atoms with Crippen molar-refractivity contribution in [3.05, 3.63) is 47.5 Å². The lowest BCUT2D eigenvalue weighted by atomic mass is 9.95. The van der Waals surface area contributed by atoms with Gasteiger partial charge in [0.1, 0.15) is 0 Å². The standard InChI is InChI=1S/C21H26N2O3S/c1-14-7-8-16(15(2)24)11-18(14)17-9-10-19-20(12-17)22(6)27(25,26)23(19)13-21(3,4)5/h7-12H,13H2,1-6H3. The molecule has 0 saturated heterocycles. The molecule has 0 spiro atoms. The quantitative estimate of drug-likeness (QED) is 0.734. The van der Waals surface area contributed by atoms with Gasteiger partial charge in [0.05, 0.1) is 11.4 Å². The molecule has 5 nitrogen and oxygen atoms in total. The number of nitrogens with zero attached hydrogens (tertiary/aromatic N) is 2. The van der Waals surface area contributed by atoms with E-state index in [9.17, 15) is 13.2 Å². The first-order chi connectivity index (χ1) is 12.4. The SMILES string of the molecule is CC(=O)c1ccc(C)c(-c2ccc3c(c2)N(C)S(=O)(=O)N3CC(C)(C)C)c1. The minimum absolute atomic E-state index is 0.00783. The van der Waals surface area contributed by atoms with Crippen LogP contribution in [0.3, 0.4) is 0 Å². The van der Waals surface area contributed by atoms with E-state index in [4.69, 9.17) is 0 Å². The van der Waals surface area contributed by atoms with Gasteiger partial charge in [-0.3, -0.25) is 13.4 Å². The van der Waals surface area contributed by atoms with Gasteiger partial charge in [0.2, 0.25) is 0 Å². The summed E-state index contributed by atoms with van der Waals surface area (Å²) in [5.41, 5.74) is 4.70. The van der Waals surface area contributed by atoms with Crippen LogP contribution < -0.4 is 8.61 Å². The van der Waals surface area contributed by atoms with Crippen molar-refractivity contribution < 1.29 is 13.2 Å². The Balaban J connectivity index is 2.13. The van der Waals surface area contributed by atoms with Crippen LogP contribution in [-0.2, 0) is 10.2 Å². The number of hydrogen-bond acceptors (Lipinski definition) is 3. The van der Waals surface area contributed by atoms with Crippen molar-refractivity contribution in [1.82, 2.24) is 0 Å². The van der Waals surface area contributed by atoms with Crippen LogP contribution >= 0.6 is 0 Å². The van der Waals surface area contributed by atoms with Crippen molar-refractivity contribution in [1.29, 1.82) is 0 Å². The minimum atomic E-state index is -3.58. The normalized spacial score (nSPS) is 15.8. The highest BCUT2D eigenvalue weighted by molar-refractivity contribution is 7.94. The van der Waals surface area contributed by atoms with Crippen molar-refractivity contribution in [3.8, 4) is 11.1 Å². The van der Waals surface area contributed by atoms with Crippen LogP contribution in [0.1, 0.15) is 43.6 Å². The summed E-state index contributed by atoms with van der Waals surface area (Å²) in [5, 5.41) is 0. The molecule has 0 N–H and O–H groups in total. The maximum Gasteiger partial charge on any atom is 0.326 e. The van der Waals surface area contributed by atoms with Gasteiger partial charge in [-0.25, -0.2) is 0 Å². The number of rotatable bonds is 3. The van der Waals surface area contributed by atoms with Gasteiger partial charge in [-0.1, -0.05) is 39.0 Å². The molecule has 27 heavy (non-hydrogen) atoms. The fourth-order valence-corrected chi connectivity index (χ4v) is 4.94. The van der Waals surface area contributed by atoms with E-state index in [1.54, 1.807) is 14.0 Å². The van der Waals surface area contributed by atoms with E-state index in [0.717, 1.165) is 16.7 Å². The van der Waals surface area contributed by atoms with E-state index in [-0.39, 0.29) is 11.2 Å². The second-order valence-electron chi connectivity index (χ2n) is 8.33. The first-order valence-electron chi connectivity index (χ1n) is 8.94. The summed E-state index contributed by atoms with van der Waals surface area (Å²) >= 11 is 0. The zero-order valence-corrected chi connectivity index (χ0v) is 17.5. The summed E-state index contributed by atoms with van der Waals surface area (Å²) in [4.78, 5) is 11.7. The Morgan fingerprint density at radius 3 is 2.30 bits per heavy atom. The predicted octanol–water partition coefficient (Wildman–Crippen LogP) is 4.41. The Kier molecular flexibility index (Phi) is 4.58. The zero-order valence-electron chi connectivity index (χ0n) is 16.7. The highest BCUT2D eigenvalue weighted by atomic mass is 32.2. The topological polar surface area (TPSA) is 57.7 Å². The lowest BCUT2D eigenvalue weighted by Crippen LogP contribution is -2.40. The van der Waals surface area contributed by atoms with E-state index >= 15 is 0 Å². The molecule has 0 bridgehead atoms. The van der Waals surface area contributed by atoms with Gasteiger partial charge in [0.25, 0.3) is 0 Å². The molecule has 144 valence electrons. The first kappa shape index (κ1) is 19.4. The van der Waals surface area contributed by atoms with E-state index in [0.29, 0.717) is 23.5 Å². The number of ketones is 1. The third-order valence-electron chi connectivity index (χ3n) is 4.78. The van der Waals surface area contributed by atoms with Gasteiger partial charge < -0.3 is 0 Å². The molecule has 0 aromatic heterocycles. The number of benzene rings is 2. The first-order valence-corrected chi connectivity index (χ1v) is 10.3. The molecule has 1 aliphatic heterocycles. The summed E-state index contributed by atoms with van der Waals surface area (Å²) in [6.07, 6.45) is 0. The minimum Gasteiger partial charge on any atom is -0.295 e. The molecule has 2 aromatic carbocycles. The molecule has 0 unspecified atom stereocenters. The summed E-state index contributed by atoms with van der Waals surface area (Å²) in [5.74, 6) is 0.00783. The molecule has 2 aromatic rings. The molecular weight excluding hydrogens is 360 g/mol. The number of anilines is 2. The predicted molar refractivity (Wildman–Crippen MR) is 111 cm³/mol. The van der Waals surface area contributed by atoms with Gasteiger partial charge >= 0.3 is 10.2 Å². The molecule has 0 fully saturated rings. The summed E-state index contributed by atoms with van der Waals surface area (Å²) in [6, 6.07) is 11.3. The van der Waals surface area contributed by atoms with Crippen molar-refractivity contribution in [2.45, 2.75) is 34.6 Å². The largest absolute Gasteiger partial charge is 0.326 e. The fraction of sp³-hybridized carbons (Fsp3) is 0.381. The van der Waals surface area contributed by atoms with Crippen molar-refractivity contribution >= 4 is 27.4 Å². The highest BCUT2D eigenvalue weighted by Gasteiger charge is 2.39. The zero-order chi connectivity index (χ0) is 20.1. The van der Waals surface area contributed by atoms with Crippen molar-refractivity contribution in [2.75, 3.05) is 22.2 Å². The molecular formula is C21H26N2O3S. The molecule has 1 heterocycles. The summed E-state index contributed by atoms with van der Waals surface area (Å²) in [6.45, 7) is 9.99. The summed E-state index contributed by atoms with van der Waals surface area (Å²) < 4.78 is 28.6. The van der Waals surface area contributed by atoms with Gasteiger partial charge in [-0.05, 0) is 54.2 Å². The third-order valence-corrected chi connectivity index (χ3v) is 6.55. The Hall–Kier alpha value is -2.34. The average Bonchev–Trinajstić information content (AvgIpc) is 2.74. The highest BCUT2D eigenvalue weighted by Crippen LogP contribution is 2.43. The number of aryl methyl sites for hydroxylation is 1. The van der Waals surface area contributed by atoms with Crippen molar-refractivity contribution in [3.63, 3.8) is 0 Å². The molecule has 1 aliphatic rings. The third kappa shape index (κ3) is 3.46. The van der Waals surface area contributed by atoms with Gasteiger partial charge in [-0.15, -0.1) is 0 Å². The van der Waals surface area contributed by atoms with E-state index in [2.05, 4.69) is 0 Å². The second-order valence-corrected chi connectivity index (χ2v) is 10.2. The smallest absolute Gasteiger partial charge is 0.295 e. The van der Waals surface area contributed by atoms with Crippen LogP contribution in [-0.4, -0.2) is 27.8 Å². The maximum atomic E-state index is 12.9. The van der Waals surface area contributed by atoms with Gasteiger partial charge in [-0.2, -0.15) is 8.42 Å². The maximum absolute atomic E-state index is 12.9. The number of hydrogen-bond donors (Lipinski definition) is 0. The van der Waals surface area contributed by atoms with Crippen molar-refractivity contribution in [2.24, 2.45) is 5.41 Å². The molecule has 0 aliphatic carbocycles. The fourth-order valence-electron chi connectivity index (χ4n) is 3.30. The van der Waals surface area contributed by atoms with Crippen LogP contribution in [0.5, 0.6) is 0 Å². The van der Waals surface area contributed by atoms with E-state index < -0.39 is 10.2 Å². The second kappa shape index (κ2) is 6.37. The van der Waals surface area contributed by atoms with Crippen LogP contribution in [0.25, 0.3) is 11.1 Å². The Morgan fingerprint density at radius 1 is 1.04 bits per heavy atom. The number of Topliss-reactive ketones (excluding diaryl/α,β-unsaturated/α-hetero) is 1. The Bertz CT molecular complexity index is 1020. The number of carbonyl (C=O) groups is 1. The molecule has 0 amide bonds. The van der Waals surface area contributed by atoms with Gasteiger partial charge in [0.15, 0.2) is 5.78 Å². The Morgan fingerprint density at radius 2 is 1.70 bits per heavy atom. The molecule has 3 rings (SSSR count). The average molecular weight is 387 g/mol. The number of fused-ring (bicyclic) bond motifs is 1. The molecule has 0 radical (unpaired) electrons. The molecule has 6 heteroatoms. The lowest BCUT2D eigenvalue weighted by Gasteiger charge is -2.27. The van der Waals surface area contributed by atoms with Crippen LogP contribution in [0.2, 0.25) is 0 Å². The van der Waals surface area contributed by atoms with Crippen LogP contribution in [0.4, 0.5) is 11.4 Å². The molecule has 0 atom stereocenters. The Labute approximate surface area is 161 Å². The lowest BCUT2D eigenvalue weighted by molar-refractivity contribution is 0.101. The summed E-state index contributed by atoms with van der Waals surface area (Å²) in [7, 11) is -1.99. The van der Waals surface area contributed by atoms with E-state index in [1.165, 1.54) is 8.61 Å².